The van der Waals surface area contributed by atoms with Crippen molar-refractivity contribution in [3.8, 4) is 0 Å². The van der Waals surface area contributed by atoms with E-state index in [-0.39, 0.29) is 22.8 Å². The highest BCUT2D eigenvalue weighted by atomic mass is 16.7. The molecule has 4 saturated carbocycles. The number of rotatable bonds is 0. The smallest absolute Gasteiger partial charge is 0.320 e. The topological polar surface area (TPSA) is 56.8 Å². The van der Waals surface area contributed by atoms with Gasteiger partial charge in [-0.05, 0) is 80.5 Å². The van der Waals surface area contributed by atoms with E-state index in [1.54, 1.807) is 0 Å². The molecule has 0 amide bonds. The number of fused-ring (bicyclic) bond motifs is 6. The number of hydrogen-bond donors (Lipinski definition) is 1. The fourth-order valence-electron chi connectivity index (χ4n) is 9.15. The van der Waals surface area contributed by atoms with E-state index in [0.717, 1.165) is 56.8 Å². The molecule has 2 aliphatic heterocycles. The molecule has 6 aliphatic rings. The van der Waals surface area contributed by atoms with Crippen molar-refractivity contribution in [1.29, 1.82) is 0 Å². The van der Waals surface area contributed by atoms with Gasteiger partial charge in [0.2, 0.25) is 0 Å². The number of esters is 1. The van der Waals surface area contributed by atoms with Gasteiger partial charge in [0.05, 0.1) is 19.8 Å². The highest BCUT2D eigenvalue weighted by Gasteiger charge is 2.67. The van der Waals surface area contributed by atoms with Crippen LogP contribution in [0.4, 0.5) is 0 Å². The SMILES string of the molecule is C[C@]12CC[C@]3(CNCC(=O)O3)C[C@@H]1CC[C@@H]1[C@@H]2CC[C@@]2(C)[C@H]1CCC21OCCO1. The molecule has 0 unspecified atom stereocenters. The molecular formula is C24H37NO4. The molecule has 5 heteroatoms. The van der Waals surface area contributed by atoms with Crippen molar-refractivity contribution in [2.45, 2.75) is 83.0 Å². The van der Waals surface area contributed by atoms with Gasteiger partial charge in [-0.1, -0.05) is 13.8 Å². The largest absolute Gasteiger partial charge is 0.457 e. The van der Waals surface area contributed by atoms with E-state index < -0.39 is 0 Å². The highest BCUT2D eigenvalue weighted by molar-refractivity contribution is 5.73. The van der Waals surface area contributed by atoms with Crippen LogP contribution in [-0.2, 0) is 19.0 Å². The third-order valence-electron chi connectivity index (χ3n) is 10.6. The molecule has 2 saturated heterocycles. The summed E-state index contributed by atoms with van der Waals surface area (Å²) in [6, 6.07) is 0. The third-order valence-corrected chi connectivity index (χ3v) is 10.6. The van der Waals surface area contributed by atoms with Crippen molar-refractivity contribution in [1.82, 2.24) is 5.32 Å². The van der Waals surface area contributed by atoms with Crippen LogP contribution in [0.2, 0.25) is 0 Å². The van der Waals surface area contributed by atoms with Crippen LogP contribution in [-0.4, -0.2) is 43.7 Å². The molecule has 6 rings (SSSR count). The number of nitrogens with one attached hydrogen (secondary N) is 1. The number of carbonyl (C=O) groups excluding carboxylic acids is 1. The first-order valence-electron chi connectivity index (χ1n) is 12.1. The van der Waals surface area contributed by atoms with Crippen molar-refractivity contribution in [3.05, 3.63) is 0 Å². The average Bonchev–Trinajstić information content (AvgIpc) is 3.29. The second kappa shape index (κ2) is 6.20. The minimum atomic E-state index is -0.293. The highest BCUT2D eigenvalue weighted by Crippen LogP contribution is 2.70. The molecule has 2 heterocycles. The summed E-state index contributed by atoms with van der Waals surface area (Å²) in [6.45, 7) is 7.81. The fourth-order valence-corrected chi connectivity index (χ4v) is 9.15. The maximum Gasteiger partial charge on any atom is 0.320 e. The van der Waals surface area contributed by atoms with Crippen LogP contribution in [0.25, 0.3) is 0 Å². The van der Waals surface area contributed by atoms with Gasteiger partial charge >= 0.3 is 5.97 Å². The van der Waals surface area contributed by atoms with Crippen LogP contribution in [0.15, 0.2) is 0 Å². The molecule has 0 aromatic rings. The van der Waals surface area contributed by atoms with Crippen LogP contribution in [0.3, 0.4) is 0 Å². The Bertz CT molecular complexity index is 705. The molecule has 0 aromatic carbocycles. The lowest BCUT2D eigenvalue weighted by atomic mass is 9.44. The number of hydrogen-bond acceptors (Lipinski definition) is 5. The Morgan fingerprint density at radius 1 is 0.931 bits per heavy atom. The molecule has 162 valence electrons. The molecule has 4 aliphatic carbocycles. The van der Waals surface area contributed by atoms with Gasteiger partial charge in [-0.2, -0.15) is 0 Å². The maximum absolute atomic E-state index is 12.0. The van der Waals surface area contributed by atoms with Crippen molar-refractivity contribution < 1.29 is 19.0 Å². The molecule has 7 atom stereocenters. The lowest BCUT2D eigenvalue weighted by Gasteiger charge is -2.63. The normalized spacial score (nSPS) is 53.4. The molecule has 6 fully saturated rings. The summed E-state index contributed by atoms with van der Waals surface area (Å²) in [4.78, 5) is 12.0. The van der Waals surface area contributed by atoms with Crippen LogP contribution in [0, 0.1) is 34.5 Å². The predicted octanol–water partition coefficient (Wildman–Crippen LogP) is 3.66. The van der Waals surface area contributed by atoms with Crippen molar-refractivity contribution in [2.75, 3.05) is 26.3 Å². The van der Waals surface area contributed by atoms with Gasteiger partial charge in [-0.25, -0.2) is 0 Å². The first kappa shape index (κ1) is 19.1. The van der Waals surface area contributed by atoms with E-state index in [4.69, 9.17) is 14.2 Å². The summed E-state index contributed by atoms with van der Waals surface area (Å²) in [5, 5.41) is 3.32. The van der Waals surface area contributed by atoms with E-state index in [1.807, 2.05) is 0 Å². The van der Waals surface area contributed by atoms with Crippen LogP contribution in [0.5, 0.6) is 0 Å². The van der Waals surface area contributed by atoms with Crippen LogP contribution >= 0.6 is 0 Å². The quantitative estimate of drug-likeness (QED) is 0.626. The van der Waals surface area contributed by atoms with Gasteiger partial charge in [0.1, 0.15) is 5.60 Å². The lowest BCUT2D eigenvalue weighted by molar-refractivity contribution is -0.249. The fraction of sp³-hybridized carbons (Fsp3) is 0.958. The summed E-state index contributed by atoms with van der Waals surface area (Å²) < 4.78 is 18.5. The second-order valence-corrected chi connectivity index (χ2v) is 11.6. The first-order chi connectivity index (χ1) is 13.9. The Morgan fingerprint density at radius 2 is 1.72 bits per heavy atom. The van der Waals surface area contributed by atoms with E-state index in [9.17, 15) is 4.79 Å². The van der Waals surface area contributed by atoms with Gasteiger partial charge in [0.15, 0.2) is 5.79 Å². The lowest BCUT2D eigenvalue weighted by Crippen LogP contribution is -2.61. The number of ether oxygens (including phenoxy) is 3. The molecule has 0 aromatic heterocycles. The number of morpholine rings is 1. The monoisotopic (exact) mass is 403 g/mol. The van der Waals surface area contributed by atoms with Crippen molar-refractivity contribution in [2.24, 2.45) is 34.5 Å². The summed E-state index contributed by atoms with van der Waals surface area (Å²) in [7, 11) is 0. The average molecular weight is 404 g/mol. The zero-order valence-corrected chi connectivity index (χ0v) is 18.1. The summed E-state index contributed by atoms with van der Waals surface area (Å²) in [5.41, 5.74) is 0.345. The Hall–Kier alpha value is -0.650. The first-order valence-corrected chi connectivity index (χ1v) is 12.1. The van der Waals surface area contributed by atoms with E-state index >= 15 is 0 Å². The van der Waals surface area contributed by atoms with E-state index in [0.29, 0.717) is 17.9 Å². The molecule has 5 nitrogen and oxygen atoms in total. The molecular weight excluding hydrogens is 366 g/mol. The van der Waals surface area contributed by atoms with Crippen molar-refractivity contribution in [3.63, 3.8) is 0 Å². The predicted molar refractivity (Wildman–Crippen MR) is 108 cm³/mol. The Labute approximate surface area is 174 Å². The third kappa shape index (κ3) is 2.47. The van der Waals surface area contributed by atoms with Gasteiger partial charge in [-0.15, -0.1) is 0 Å². The van der Waals surface area contributed by atoms with Gasteiger partial charge in [-0.3, -0.25) is 4.79 Å². The summed E-state index contributed by atoms with van der Waals surface area (Å²) >= 11 is 0. The van der Waals surface area contributed by atoms with Crippen LogP contribution < -0.4 is 5.32 Å². The summed E-state index contributed by atoms with van der Waals surface area (Å²) in [5.74, 6) is 2.68. The van der Waals surface area contributed by atoms with Gasteiger partial charge in [0, 0.05) is 18.4 Å². The number of carbonyl (C=O) groups is 1. The second-order valence-electron chi connectivity index (χ2n) is 11.6. The Morgan fingerprint density at radius 3 is 2.52 bits per heavy atom. The molecule has 29 heavy (non-hydrogen) atoms. The Balaban J connectivity index is 1.25. The maximum atomic E-state index is 12.0. The van der Waals surface area contributed by atoms with Gasteiger partial charge < -0.3 is 19.5 Å². The van der Waals surface area contributed by atoms with Crippen LogP contribution in [0.1, 0.15) is 71.6 Å². The molecule has 1 N–H and O–H groups in total. The minimum Gasteiger partial charge on any atom is -0.457 e. The minimum absolute atomic E-state index is 0.0604. The molecule has 0 bridgehead atoms. The summed E-state index contributed by atoms with van der Waals surface area (Å²) in [6.07, 6.45) is 10.8. The zero-order valence-electron chi connectivity index (χ0n) is 18.1. The van der Waals surface area contributed by atoms with E-state index in [2.05, 4.69) is 19.2 Å². The Kier molecular flexibility index (Phi) is 4.08. The zero-order chi connectivity index (χ0) is 19.9. The van der Waals surface area contributed by atoms with Gasteiger partial charge in [0.25, 0.3) is 0 Å². The standard InChI is InChI=1S/C24H37NO4/c1-21-9-10-23(15-25-14-20(26)29-23)13-16(21)3-4-17-18(21)5-7-22(2)19(17)6-8-24(22)27-11-12-28-24/h16-19,25H,3-15H2,1-2H3/t16-,17+,18-,19-,21-,22-,23+/m0/s1. The van der Waals surface area contributed by atoms with Crippen molar-refractivity contribution >= 4 is 5.97 Å². The molecule has 0 radical (unpaired) electrons. The van der Waals surface area contributed by atoms with E-state index in [1.165, 1.54) is 38.5 Å². The molecule has 2 spiro atoms.